The van der Waals surface area contributed by atoms with Crippen molar-refractivity contribution in [3.8, 4) is 10.6 Å². The molecule has 0 radical (unpaired) electrons. The van der Waals surface area contributed by atoms with Crippen LogP contribution >= 0.6 is 11.3 Å². The molecule has 166 valence electrons. The lowest BCUT2D eigenvalue weighted by molar-refractivity contribution is -0.150. The van der Waals surface area contributed by atoms with Crippen molar-refractivity contribution in [2.24, 2.45) is 5.41 Å². The summed E-state index contributed by atoms with van der Waals surface area (Å²) in [6.45, 7) is 1.64. The van der Waals surface area contributed by atoms with Crippen molar-refractivity contribution in [1.82, 2.24) is 14.8 Å². The Bertz CT molecular complexity index is 907. The fourth-order valence-corrected chi connectivity index (χ4v) is 4.94. The molecular formula is C22H27N3O5S. The molecule has 2 aliphatic rings. The molecule has 2 aliphatic heterocycles. The zero-order valence-corrected chi connectivity index (χ0v) is 18.5. The Morgan fingerprint density at radius 2 is 1.97 bits per heavy atom. The second-order valence-electron chi connectivity index (χ2n) is 8.08. The van der Waals surface area contributed by atoms with Crippen LogP contribution in [0.3, 0.4) is 0 Å². The van der Waals surface area contributed by atoms with E-state index in [1.165, 1.54) is 11.3 Å². The van der Waals surface area contributed by atoms with E-state index in [1.807, 2.05) is 59.6 Å². The summed E-state index contributed by atoms with van der Waals surface area (Å²) < 4.78 is 5.60. The van der Waals surface area contributed by atoms with Gasteiger partial charge in [-0.25, -0.2) is 4.98 Å². The average molecular weight is 446 g/mol. The van der Waals surface area contributed by atoms with Crippen molar-refractivity contribution in [2.45, 2.75) is 25.4 Å². The molecule has 1 amide bonds. The first-order valence-electron chi connectivity index (χ1n) is 10.1. The topological polar surface area (TPSA) is 100 Å². The first kappa shape index (κ1) is 22.9. The summed E-state index contributed by atoms with van der Waals surface area (Å²) >= 11 is 1.48. The molecule has 1 spiro atoms. The molecule has 2 aromatic rings. The minimum Gasteiger partial charge on any atom is -0.483 e. The van der Waals surface area contributed by atoms with E-state index >= 15 is 0 Å². The van der Waals surface area contributed by atoms with Gasteiger partial charge in [-0.1, -0.05) is 30.3 Å². The van der Waals surface area contributed by atoms with Crippen LogP contribution in [0.4, 0.5) is 0 Å². The lowest BCUT2D eigenvalue weighted by atomic mass is 9.76. The van der Waals surface area contributed by atoms with Crippen LogP contribution in [0, 0.1) is 5.41 Å². The third kappa shape index (κ3) is 5.29. The highest BCUT2D eigenvalue weighted by Crippen LogP contribution is 2.43. The molecule has 8 nitrogen and oxygen atoms in total. The molecule has 9 heteroatoms. The molecule has 0 bridgehead atoms. The highest BCUT2D eigenvalue weighted by Gasteiger charge is 2.50. The third-order valence-corrected chi connectivity index (χ3v) is 6.54. The van der Waals surface area contributed by atoms with Gasteiger partial charge in [0.05, 0.1) is 5.41 Å². The van der Waals surface area contributed by atoms with E-state index in [0.717, 1.165) is 23.5 Å². The van der Waals surface area contributed by atoms with Crippen LogP contribution in [0.2, 0.25) is 0 Å². The number of piperidine rings is 1. The second-order valence-corrected chi connectivity index (χ2v) is 8.93. The average Bonchev–Trinajstić information content (AvgIpc) is 3.35. The number of hydrogen-bond acceptors (Lipinski definition) is 7. The first-order valence-corrected chi connectivity index (χ1v) is 11.0. The van der Waals surface area contributed by atoms with Crippen LogP contribution < -0.4 is 0 Å². The Balaban J connectivity index is 0.000000858. The number of rotatable bonds is 4. The largest absolute Gasteiger partial charge is 0.483 e. The van der Waals surface area contributed by atoms with Gasteiger partial charge in [0.25, 0.3) is 12.4 Å². The molecular weight excluding hydrogens is 418 g/mol. The SMILES string of the molecule is CN(C)CC1CC2(CCN(C(=O)c3csc(-c4ccccc4)n3)CC2)C(=O)O1.O=CO. The minimum atomic E-state index is -0.422. The number of hydrogen-bond donors (Lipinski definition) is 1. The molecule has 0 saturated carbocycles. The van der Waals surface area contributed by atoms with Gasteiger partial charge in [-0.05, 0) is 26.9 Å². The summed E-state index contributed by atoms with van der Waals surface area (Å²) in [4.78, 5) is 42.1. The van der Waals surface area contributed by atoms with Gasteiger partial charge in [0.1, 0.15) is 16.8 Å². The summed E-state index contributed by atoms with van der Waals surface area (Å²) in [5.41, 5.74) is 1.08. The van der Waals surface area contributed by atoms with Crippen molar-refractivity contribution >= 4 is 29.7 Å². The van der Waals surface area contributed by atoms with Crippen molar-refractivity contribution < 1.29 is 24.2 Å². The van der Waals surface area contributed by atoms with E-state index in [1.54, 1.807) is 0 Å². The number of carboxylic acid groups (broad SMARTS) is 1. The molecule has 0 aliphatic carbocycles. The Morgan fingerprint density at radius 3 is 2.58 bits per heavy atom. The molecule has 1 atom stereocenters. The zero-order valence-electron chi connectivity index (χ0n) is 17.7. The summed E-state index contributed by atoms with van der Waals surface area (Å²) in [7, 11) is 3.97. The predicted molar refractivity (Wildman–Crippen MR) is 117 cm³/mol. The van der Waals surface area contributed by atoms with Crippen LogP contribution in [0.1, 0.15) is 29.8 Å². The number of nitrogens with zero attached hydrogens (tertiary/aromatic N) is 3. The molecule has 1 unspecified atom stereocenters. The van der Waals surface area contributed by atoms with E-state index in [0.29, 0.717) is 31.6 Å². The number of cyclic esters (lactones) is 1. The van der Waals surface area contributed by atoms with E-state index in [2.05, 4.69) is 4.98 Å². The molecule has 1 N–H and O–H groups in total. The number of aromatic nitrogens is 1. The molecule has 1 aromatic carbocycles. The van der Waals surface area contributed by atoms with E-state index in [4.69, 9.17) is 14.6 Å². The summed E-state index contributed by atoms with van der Waals surface area (Å²) in [5.74, 6) is -0.143. The predicted octanol–water partition coefficient (Wildman–Crippen LogP) is 2.61. The van der Waals surface area contributed by atoms with Gasteiger partial charge in [0.2, 0.25) is 0 Å². The fourth-order valence-electron chi connectivity index (χ4n) is 4.14. The molecule has 4 rings (SSSR count). The maximum atomic E-state index is 12.9. The van der Waals surface area contributed by atoms with Crippen molar-refractivity contribution in [2.75, 3.05) is 33.7 Å². The quantitative estimate of drug-likeness (QED) is 0.570. The van der Waals surface area contributed by atoms with Crippen LogP contribution in [0.25, 0.3) is 10.6 Å². The Labute approximate surface area is 185 Å². The van der Waals surface area contributed by atoms with Crippen molar-refractivity contribution in [1.29, 1.82) is 0 Å². The number of carbonyl (C=O) groups is 3. The van der Waals surface area contributed by atoms with Gasteiger partial charge < -0.3 is 19.6 Å². The third-order valence-electron chi connectivity index (χ3n) is 5.65. The number of likely N-dealkylation sites (N-methyl/N-ethyl adjacent to an activating group) is 1. The number of thiazole rings is 1. The number of ether oxygens (including phenoxy) is 1. The lowest BCUT2D eigenvalue weighted by Gasteiger charge is -2.36. The summed E-state index contributed by atoms with van der Waals surface area (Å²) in [5, 5.41) is 9.56. The molecule has 1 aromatic heterocycles. The maximum Gasteiger partial charge on any atom is 0.312 e. The van der Waals surface area contributed by atoms with E-state index < -0.39 is 5.41 Å². The minimum absolute atomic E-state index is 0.0447. The number of carbonyl (C=O) groups excluding carboxylic acids is 2. The summed E-state index contributed by atoms with van der Waals surface area (Å²) in [6.07, 6.45) is 2.03. The molecule has 2 saturated heterocycles. The van der Waals surface area contributed by atoms with Gasteiger partial charge >= 0.3 is 5.97 Å². The van der Waals surface area contributed by atoms with E-state index in [-0.39, 0.29) is 24.5 Å². The van der Waals surface area contributed by atoms with Crippen molar-refractivity contribution in [3.05, 3.63) is 41.4 Å². The Hall–Kier alpha value is -2.78. The van der Waals surface area contributed by atoms with Gasteiger partial charge in [0.15, 0.2) is 0 Å². The standard InChI is InChI=1S/C21H25N3O3S.CH2O2/c1-23(2)13-16-12-21(20(26)27-16)8-10-24(11-9-21)19(25)17-14-28-18(22-17)15-6-4-3-5-7-15;2-1-3/h3-7,14,16H,8-13H2,1-2H3;1H,(H,2,3). The lowest BCUT2D eigenvalue weighted by Crippen LogP contribution is -2.45. The van der Waals surface area contributed by atoms with Gasteiger partial charge in [0, 0.05) is 37.0 Å². The number of benzene rings is 1. The Morgan fingerprint density at radius 1 is 1.32 bits per heavy atom. The van der Waals surface area contributed by atoms with Crippen LogP contribution in [0.5, 0.6) is 0 Å². The normalized spacial score (nSPS) is 19.6. The highest BCUT2D eigenvalue weighted by atomic mass is 32.1. The number of esters is 1. The zero-order chi connectivity index (χ0) is 22.4. The summed E-state index contributed by atoms with van der Waals surface area (Å²) in [6, 6.07) is 9.88. The highest BCUT2D eigenvalue weighted by molar-refractivity contribution is 7.13. The smallest absolute Gasteiger partial charge is 0.312 e. The van der Waals surface area contributed by atoms with E-state index in [9.17, 15) is 9.59 Å². The first-order chi connectivity index (χ1) is 14.9. The van der Waals surface area contributed by atoms with Gasteiger partial charge in [-0.2, -0.15) is 0 Å². The van der Waals surface area contributed by atoms with Gasteiger partial charge in [-0.15, -0.1) is 11.3 Å². The Kier molecular flexibility index (Phi) is 7.40. The molecule has 2 fully saturated rings. The van der Waals surface area contributed by atoms with Crippen LogP contribution in [0.15, 0.2) is 35.7 Å². The second kappa shape index (κ2) is 10.0. The van der Waals surface area contributed by atoms with Crippen LogP contribution in [-0.2, 0) is 14.3 Å². The maximum absolute atomic E-state index is 12.9. The van der Waals surface area contributed by atoms with Gasteiger partial charge in [-0.3, -0.25) is 14.4 Å². The van der Waals surface area contributed by atoms with Crippen molar-refractivity contribution in [3.63, 3.8) is 0 Å². The fraction of sp³-hybridized carbons (Fsp3) is 0.455. The number of likely N-dealkylation sites (tertiary alicyclic amines) is 1. The molecule has 31 heavy (non-hydrogen) atoms. The van der Waals surface area contributed by atoms with Crippen LogP contribution in [-0.4, -0.2) is 78.1 Å². The number of amides is 1. The monoisotopic (exact) mass is 445 g/mol. The molecule has 3 heterocycles.